The van der Waals surface area contributed by atoms with Crippen molar-refractivity contribution >= 4 is 65.0 Å². The van der Waals surface area contributed by atoms with Crippen molar-refractivity contribution in [2.75, 3.05) is 0 Å². The van der Waals surface area contributed by atoms with Gasteiger partial charge in [-0.2, -0.15) is 0 Å². The van der Waals surface area contributed by atoms with Crippen molar-refractivity contribution in [1.29, 1.82) is 0 Å². The zero-order chi connectivity index (χ0) is 37.9. The summed E-state index contributed by atoms with van der Waals surface area (Å²) >= 11 is 0. The van der Waals surface area contributed by atoms with Gasteiger partial charge in [0.05, 0.1) is 11.0 Å². The van der Waals surface area contributed by atoms with E-state index in [-0.39, 0.29) is 45.7 Å². The third-order valence-corrected chi connectivity index (χ3v) is 9.26. The Morgan fingerprint density at radius 3 is 1.72 bits per heavy atom. The van der Waals surface area contributed by atoms with Crippen molar-refractivity contribution < 1.29 is 15.4 Å². The van der Waals surface area contributed by atoms with E-state index in [4.69, 9.17) is 9.90 Å². The van der Waals surface area contributed by atoms with Crippen molar-refractivity contribution in [2.24, 2.45) is 0 Å². The fraction of sp³-hybridized carbons (Fsp3) is 0. The Morgan fingerprint density at radius 2 is 0.957 bits per heavy atom. The number of hydrogen-bond acceptors (Lipinski definition) is 1. The SMILES string of the molecule is [2H]c1c([2H])c([2H])c2c(-c3cccc4oc5cc6ccccc6cc5c34)c3c([2H])c([2H])c([2H])c([2H])c3c(-c3cccc(-c4cccc5ccccc45)c3)c2c1[2H]. The molecule has 0 saturated heterocycles. The summed E-state index contributed by atoms with van der Waals surface area (Å²) in [6, 6.07) is 36.2. The molecule has 0 N–H and O–H groups in total. The van der Waals surface area contributed by atoms with Crippen LogP contribution in [-0.4, -0.2) is 0 Å². The van der Waals surface area contributed by atoms with E-state index in [1.165, 1.54) is 0 Å². The van der Waals surface area contributed by atoms with Gasteiger partial charge in [-0.3, -0.25) is 0 Å². The third kappa shape index (κ3) is 3.97. The topological polar surface area (TPSA) is 13.1 Å². The summed E-state index contributed by atoms with van der Waals surface area (Å²) in [6.07, 6.45) is 0. The molecular formula is C46H28O. The Bertz CT molecular complexity index is 3220. The summed E-state index contributed by atoms with van der Waals surface area (Å²) < 4.78 is 79.8. The molecule has 9 aromatic carbocycles. The highest BCUT2D eigenvalue weighted by molar-refractivity contribution is 6.26. The smallest absolute Gasteiger partial charge is 0.136 e. The van der Waals surface area contributed by atoms with E-state index in [0.717, 1.165) is 38.1 Å². The predicted molar refractivity (Wildman–Crippen MR) is 200 cm³/mol. The van der Waals surface area contributed by atoms with E-state index >= 15 is 0 Å². The van der Waals surface area contributed by atoms with E-state index < -0.39 is 24.2 Å². The quantitative estimate of drug-likeness (QED) is 0.183. The normalized spacial score (nSPS) is 14.2. The highest BCUT2D eigenvalue weighted by atomic mass is 16.3. The van der Waals surface area contributed by atoms with Crippen molar-refractivity contribution in [3.05, 3.63) is 170 Å². The lowest BCUT2D eigenvalue weighted by atomic mass is 9.84. The van der Waals surface area contributed by atoms with Crippen LogP contribution < -0.4 is 0 Å². The lowest BCUT2D eigenvalue weighted by molar-refractivity contribution is 0.669. The first-order valence-corrected chi connectivity index (χ1v) is 15.5. The summed E-state index contributed by atoms with van der Waals surface area (Å²) in [5.41, 5.74) is 4.67. The van der Waals surface area contributed by atoms with Gasteiger partial charge in [-0.1, -0.05) is 145 Å². The van der Waals surface area contributed by atoms with E-state index in [1.807, 2.05) is 115 Å². The first-order valence-electron chi connectivity index (χ1n) is 19.5. The maximum absolute atomic E-state index is 9.47. The molecule has 0 amide bonds. The first kappa shape index (κ1) is 19.4. The van der Waals surface area contributed by atoms with Gasteiger partial charge in [0.1, 0.15) is 11.2 Å². The van der Waals surface area contributed by atoms with Crippen molar-refractivity contribution in [1.82, 2.24) is 0 Å². The van der Waals surface area contributed by atoms with Crippen molar-refractivity contribution in [3.63, 3.8) is 0 Å². The van der Waals surface area contributed by atoms with Crippen LogP contribution in [0.1, 0.15) is 11.0 Å². The van der Waals surface area contributed by atoms with Crippen molar-refractivity contribution in [3.8, 4) is 33.4 Å². The van der Waals surface area contributed by atoms with Gasteiger partial charge in [0.2, 0.25) is 0 Å². The Hall–Kier alpha value is -6.18. The van der Waals surface area contributed by atoms with Crippen LogP contribution in [0.5, 0.6) is 0 Å². The molecule has 1 nitrogen and oxygen atoms in total. The Morgan fingerprint density at radius 1 is 0.383 bits per heavy atom. The molecule has 47 heavy (non-hydrogen) atoms. The Kier molecular flexibility index (Phi) is 4.19. The summed E-state index contributed by atoms with van der Waals surface area (Å²) in [5, 5.41) is 6.18. The fourth-order valence-corrected chi connectivity index (χ4v) is 7.22. The highest BCUT2D eigenvalue weighted by Gasteiger charge is 2.20. The lowest BCUT2D eigenvalue weighted by Crippen LogP contribution is -1.91. The molecule has 0 bridgehead atoms. The minimum Gasteiger partial charge on any atom is -0.456 e. The monoisotopic (exact) mass is 604 g/mol. The number of fused-ring (bicyclic) bond motifs is 7. The molecule has 0 aliphatic rings. The second kappa shape index (κ2) is 10.2. The van der Waals surface area contributed by atoms with Crippen LogP contribution in [0.3, 0.4) is 0 Å². The second-order valence-electron chi connectivity index (χ2n) is 11.8. The minimum atomic E-state index is -0.440. The van der Waals surface area contributed by atoms with Gasteiger partial charge in [-0.15, -0.1) is 0 Å². The number of benzene rings is 9. The molecule has 0 spiro atoms. The molecule has 10 rings (SSSR count). The van der Waals surface area contributed by atoms with Crippen molar-refractivity contribution in [2.45, 2.75) is 0 Å². The molecule has 1 heterocycles. The molecule has 1 heteroatoms. The van der Waals surface area contributed by atoms with E-state index in [2.05, 4.69) is 0 Å². The zero-order valence-corrected chi connectivity index (χ0v) is 25.0. The van der Waals surface area contributed by atoms with Crippen LogP contribution >= 0.6 is 0 Å². The molecule has 10 aromatic rings. The number of hydrogen-bond donors (Lipinski definition) is 0. The van der Waals surface area contributed by atoms with Crippen LogP contribution in [-0.2, 0) is 0 Å². The average molecular weight is 605 g/mol. The number of furan rings is 1. The number of rotatable bonds is 3. The standard InChI is InChI=1S/C46H28O/c1-2-14-31-28-43-41(27-30(31)13-1)46-40(24-11-25-42(46)47-43)45-38-21-7-5-19-36(38)44(37-20-6-8-22-39(37)45)33-17-9-16-32(26-33)35-23-10-15-29-12-3-4-18-34(29)35/h1-28H/i5D,6D,7D,8D,19D,20D,21D,22D. The van der Waals surface area contributed by atoms with Crippen LogP contribution in [0.25, 0.3) is 98.4 Å². The molecule has 0 fully saturated rings. The highest BCUT2D eigenvalue weighted by Crippen LogP contribution is 2.47. The van der Waals surface area contributed by atoms with Crippen LogP contribution in [0.2, 0.25) is 0 Å². The summed E-state index contributed by atoms with van der Waals surface area (Å²) in [4.78, 5) is 0. The molecule has 0 atom stereocenters. The maximum Gasteiger partial charge on any atom is 0.136 e. The Balaban J connectivity index is 1.42. The lowest BCUT2D eigenvalue weighted by Gasteiger charge is -2.19. The van der Waals surface area contributed by atoms with Gasteiger partial charge in [0, 0.05) is 10.8 Å². The van der Waals surface area contributed by atoms with Gasteiger partial charge >= 0.3 is 0 Å². The predicted octanol–water partition coefficient (Wildman–Crippen LogP) is 13.2. The van der Waals surface area contributed by atoms with Gasteiger partial charge in [0.25, 0.3) is 0 Å². The van der Waals surface area contributed by atoms with Gasteiger partial charge in [-0.05, 0) is 101 Å². The maximum atomic E-state index is 9.47. The molecule has 218 valence electrons. The van der Waals surface area contributed by atoms with E-state index in [1.54, 1.807) is 6.07 Å². The average Bonchev–Trinajstić information content (AvgIpc) is 3.58. The first-order chi connectivity index (χ1) is 26.6. The summed E-state index contributed by atoms with van der Waals surface area (Å²) in [7, 11) is 0. The van der Waals surface area contributed by atoms with Crippen LogP contribution in [0.4, 0.5) is 0 Å². The fourth-order valence-electron chi connectivity index (χ4n) is 7.22. The van der Waals surface area contributed by atoms with Gasteiger partial charge in [0.15, 0.2) is 0 Å². The Labute approximate surface area is 283 Å². The molecule has 0 aliphatic heterocycles. The largest absolute Gasteiger partial charge is 0.456 e. The summed E-state index contributed by atoms with van der Waals surface area (Å²) in [5.74, 6) is 0. The van der Waals surface area contributed by atoms with Gasteiger partial charge in [-0.25, -0.2) is 0 Å². The minimum absolute atomic E-state index is 0.164. The van der Waals surface area contributed by atoms with Crippen LogP contribution in [0, 0.1) is 0 Å². The third-order valence-electron chi connectivity index (χ3n) is 9.26. The van der Waals surface area contributed by atoms with E-state index in [0.29, 0.717) is 38.8 Å². The zero-order valence-electron chi connectivity index (χ0n) is 33.0. The van der Waals surface area contributed by atoms with E-state index in [9.17, 15) is 5.48 Å². The molecule has 0 saturated carbocycles. The molecule has 0 unspecified atom stereocenters. The molecule has 1 aromatic heterocycles. The molecule has 0 radical (unpaired) electrons. The summed E-state index contributed by atoms with van der Waals surface area (Å²) in [6.45, 7) is 0. The molecule has 0 aliphatic carbocycles. The van der Waals surface area contributed by atoms with Crippen LogP contribution in [0.15, 0.2) is 174 Å². The van der Waals surface area contributed by atoms with Gasteiger partial charge < -0.3 is 4.42 Å². The molecular weight excluding hydrogens is 569 g/mol. The second-order valence-corrected chi connectivity index (χ2v) is 11.8.